The van der Waals surface area contributed by atoms with Gasteiger partial charge in [-0.15, -0.1) is 0 Å². The standard InChI is InChI=1S/C47H27N3O2/c1-2-11-28(12-3-1)33-26-38(42-35-17-8-9-19-39(35)51-41(42)27-33)47-49-45(32-22-21-29-13-4-5-15-31(29)25-32)48-46(50-47)37-18-10-20-40-43(37)36-24-23-30-14-6-7-16-34(30)44(36)52-40/h1-27H. The highest BCUT2D eigenvalue weighted by Gasteiger charge is 2.22. The molecule has 8 aromatic carbocycles. The summed E-state index contributed by atoms with van der Waals surface area (Å²) in [4.78, 5) is 15.8. The van der Waals surface area contributed by atoms with Crippen molar-refractivity contribution in [3.63, 3.8) is 0 Å². The van der Waals surface area contributed by atoms with Gasteiger partial charge in [0.1, 0.15) is 22.3 Å². The van der Waals surface area contributed by atoms with Gasteiger partial charge in [-0.2, -0.15) is 0 Å². The number of hydrogen-bond donors (Lipinski definition) is 0. The average Bonchev–Trinajstić information content (AvgIpc) is 3.79. The van der Waals surface area contributed by atoms with Crippen LogP contribution in [0.1, 0.15) is 0 Å². The molecule has 0 aliphatic rings. The van der Waals surface area contributed by atoms with Crippen LogP contribution in [-0.2, 0) is 0 Å². The van der Waals surface area contributed by atoms with Gasteiger partial charge in [0.25, 0.3) is 0 Å². The first-order chi connectivity index (χ1) is 25.7. The first-order valence-electron chi connectivity index (χ1n) is 17.3. The van der Waals surface area contributed by atoms with Gasteiger partial charge < -0.3 is 8.83 Å². The molecule has 11 rings (SSSR count). The summed E-state index contributed by atoms with van der Waals surface area (Å²) in [7, 11) is 0. The summed E-state index contributed by atoms with van der Waals surface area (Å²) < 4.78 is 13.1. The summed E-state index contributed by atoms with van der Waals surface area (Å²) in [6.45, 7) is 0. The van der Waals surface area contributed by atoms with Crippen LogP contribution in [0.25, 0.3) is 111 Å². The zero-order valence-corrected chi connectivity index (χ0v) is 27.7. The van der Waals surface area contributed by atoms with Crippen molar-refractivity contribution in [3.8, 4) is 45.3 Å². The SMILES string of the molecule is c1ccc(-c2cc(-c3nc(-c4ccc5ccccc5c4)nc(-c4cccc5oc6c7ccccc7ccc6c45)n3)c3c(c2)oc2ccccc23)cc1. The second-order valence-corrected chi connectivity index (χ2v) is 13.2. The Kier molecular flexibility index (Phi) is 6.18. The van der Waals surface area contributed by atoms with Crippen molar-refractivity contribution in [2.75, 3.05) is 0 Å². The van der Waals surface area contributed by atoms with Crippen molar-refractivity contribution in [3.05, 3.63) is 164 Å². The minimum atomic E-state index is 0.567. The Balaban J connectivity index is 1.23. The van der Waals surface area contributed by atoms with Crippen LogP contribution >= 0.6 is 0 Å². The highest BCUT2D eigenvalue weighted by Crippen LogP contribution is 2.42. The number of fused-ring (bicyclic) bond motifs is 9. The first kappa shape index (κ1) is 28.7. The Morgan fingerprint density at radius 3 is 1.88 bits per heavy atom. The molecule has 5 heteroatoms. The quantitative estimate of drug-likeness (QED) is 0.187. The second kappa shape index (κ2) is 11.2. The van der Waals surface area contributed by atoms with Crippen LogP contribution in [-0.4, -0.2) is 15.0 Å². The van der Waals surface area contributed by atoms with E-state index in [1.807, 2.05) is 42.5 Å². The summed E-state index contributed by atoms with van der Waals surface area (Å²) in [5.74, 6) is 1.73. The van der Waals surface area contributed by atoms with Crippen molar-refractivity contribution >= 4 is 65.4 Å². The summed E-state index contributed by atoms with van der Waals surface area (Å²) >= 11 is 0. The minimum absolute atomic E-state index is 0.567. The molecule has 3 aromatic heterocycles. The van der Waals surface area contributed by atoms with Crippen molar-refractivity contribution in [2.24, 2.45) is 0 Å². The third kappa shape index (κ3) is 4.46. The molecule has 0 N–H and O–H groups in total. The van der Waals surface area contributed by atoms with Crippen molar-refractivity contribution < 1.29 is 8.83 Å². The van der Waals surface area contributed by atoms with Crippen LogP contribution in [0.15, 0.2) is 173 Å². The maximum atomic E-state index is 6.58. The van der Waals surface area contributed by atoms with E-state index in [1.54, 1.807) is 0 Å². The van der Waals surface area contributed by atoms with E-state index in [0.29, 0.717) is 17.5 Å². The lowest BCUT2D eigenvalue weighted by molar-refractivity contribution is 0.669. The third-order valence-corrected chi connectivity index (χ3v) is 10.1. The van der Waals surface area contributed by atoms with Gasteiger partial charge >= 0.3 is 0 Å². The molecule has 0 aliphatic heterocycles. The normalized spacial score (nSPS) is 11.8. The number of benzene rings is 8. The van der Waals surface area contributed by atoms with Crippen LogP contribution in [0.2, 0.25) is 0 Å². The topological polar surface area (TPSA) is 65.0 Å². The molecule has 5 nitrogen and oxygen atoms in total. The summed E-state index contributed by atoms with van der Waals surface area (Å²) in [6.07, 6.45) is 0. The smallest absolute Gasteiger partial charge is 0.164 e. The van der Waals surface area contributed by atoms with Crippen LogP contribution in [0.3, 0.4) is 0 Å². The molecule has 11 aromatic rings. The fraction of sp³-hybridized carbons (Fsp3) is 0. The molecule has 0 bridgehead atoms. The van der Waals surface area contributed by atoms with Gasteiger partial charge in [-0.1, -0.05) is 127 Å². The number of rotatable bonds is 4. The first-order valence-corrected chi connectivity index (χ1v) is 17.3. The van der Waals surface area contributed by atoms with Gasteiger partial charge in [-0.25, -0.2) is 15.0 Å². The lowest BCUT2D eigenvalue weighted by Gasteiger charge is -2.12. The number of para-hydroxylation sites is 1. The summed E-state index contributed by atoms with van der Waals surface area (Å²) in [5, 5.41) is 8.45. The molecule has 0 fully saturated rings. The van der Waals surface area contributed by atoms with Crippen LogP contribution < -0.4 is 0 Å². The van der Waals surface area contributed by atoms with Gasteiger partial charge in [0.2, 0.25) is 0 Å². The number of furan rings is 2. The van der Waals surface area contributed by atoms with Crippen LogP contribution in [0, 0.1) is 0 Å². The Labute approximate surface area is 297 Å². The molecule has 0 spiro atoms. The molecule has 0 amide bonds. The Hall–Kier alpha value is -7.11. The predicted molar refractivity (Wildman–Crippen MR) is 211 cm³/mol. The van der Waals surface area contributed by atoms with Gasteiger partial charge in [0.05, 0.1) is 0 Å². The molecule has 242 valence electrons. The lowest BCUT2D eigenvalue weighted by atomic mass is 9.98. The minimum Gasteiger partial charge on any atom is -0.456 e. The lowest BCUT2D eigenvalue weighted by Crippen LogP contribution is -2.01. The van der Waals surface area contributed by atoms with E-state index < -0.39 is 0 Å². The van der Waals surface area contributed by atoms with Gasteiger partial charge in [-0.05, 0) is 63.7 Å². The van der Waals surface area contributed by atoms with E-state index >= 15 is 0 Å². The van der Waals surface area contributed by atoms with Crippen LogP contribution in [0.4, 0.5) is 0 Å². The molecular weight excluding hydrogens is 639 g/mol. The van der Waals surface area contributed by atoms with E-state index in [4.69, 9.17) is 23.8 Å². The Morgan fingerprint density at radius 1 is 0.327 bits per heavy atom. The van der Waals surface area contributed by atoms with E-state index in [1.165, 1.54) is 0 Å². The monoisotopic (exact) mass is 665 g/mol. The van der Waals surface area contributed by atoms with Gasteiger partial charge in [0, 0.05) is 43.6 Å². The molecule has 0 atom stereocenters. The van der Waals surface area contributed by atoms with Gasteiger partial charge in [0.15, 0.2) is 17.5 Å². The summed E-state index contributed by atoms with van der Waals surface area (Å²) in [5.41, 5.74) is 8.00. The molecule has 0 saturated heterocycles. The van der Waals surface area contributed by atoms with Gasteiger partial charge in [-0.3, -0.25) is 0 Å². The largest absolute Gasteiger partial charge is 0.456 e. The molecule has 0 saturated carbocycles. The van der Waals surface area contributed by atoms with Crippen LogP contribution in [0.5, 0.6) is 0 Å². The Bertz CT molecular complexity index is 3190. The predicted octanol–water partition coefficient (Wildman–Crippen LogP) is 12.6. The van der Waals surface area contributed by atoms with E-state index in [0.717, 1.165) is 93.2 Å². The van der Waals surface area contributed by atoms with E-state index in [-0.39, 0.29) is 0 Å². The molecule has 0 radical (unpaired) electrons. The molecule has 0 unspecified atom stereocenters. The fourth-order valence-electron chi connectivity index (χ4n) is 7.64. The van der Waals surface area contributed by atoms with E-state index in [9.17, 15) is 0 Å². The second-order valence-electron chi connectivity index (χ2n) is 13.2. The van der Waals surface area contributed by atoms with E-state index in [2.05, 4.69) is 121 Å². The molecular formula is C47H27N3O2. The fourth-order valence-corrected chi connectivity index (χ4v) is 7.64. The van der Waals surface area contributed by atoms with Crippen molar-refractivity contribution in [2.45, 2.75) is 0 Å². The highest BCUT2D eigenvalue weighted by atomic mass is 16.3. The maximum Gasteiger partial charge on any atom is 0.164 e. The number of nitrogens with zero attached hydrogens (tertiary/aromatic N) is 3. The maximum absolute atomic E-state index is 6.58. The molecule has 3 heterocycles. The Morgan fingerprint density at radius 2 is 1.00 bits per heavy atom. The van der Waals surface area contributed by atoms with Crippen molar-refractivity contribution in [1.29, 1.82) is 0 Å². The number of hydrogen-bond acceptors (Lipinski definition) is 5. The average molecular weight is 666 g/mol. The van der Waals surface area contributed by atoms with Crippen molar-refractivity contribution in [1.82, 2.24) is 15.0 Å². The zero-order chi connectivity index (χ0) is 34.2. The molecule has 52 heavy (non-hydrogen) atoms. The highest BCUT2D eigenvalue weighted by molar-refractivity contribution is 6.19. The molecule has 0 aliphatic carbocycles. The third-order valence-electron chi connectivity index (χ3n) is 10.1. The number of aromatic nitrogens is 3. The summed E-state index contributed by atoms with van der Waals surface area (Å²) in [6, 6.07) is 56.3. The zero-order valence-electron chi connectivity index (χ0n) is 27.7.